The number of rotatable bonds is 3. The standard InChI is InChI=1S/C13H11Cl2FN2/c1-17-13(8-5-6-18-7-11(8)16)12-9(14)3-2-4-10(12)15/h2-7,13,17H,1H3. The van der Waals surface area contributed by atoms with Gasteiger partial charge >= 0.3 is 0 Å². The predicted octanol–water partition coefficient (Wildman–Crippen LogP) is 3.84. The highest BCUT2D eigenvalue weighted by molar-refractivity contribution is 6.36. The first-order valence-corrected chi connectivity index (χ1v) is 6.11. The Bertz CT molecular complexity index is 540. The molecule has 0 aliphatic heterocycles. The lowest BCUT2D eigenvalue weighted by atomic mass is 9.99. The molecule has 5 heteroatoms. The smallest absolute Gasteiger partial charge is 0.146 e. The molecule has 1 heterocycles. The van der Waals surface area contributed by atoms with Gasteiger partial charge < -0.3 is 5.32 Å². The lowest BCUT2D eigenvalue weighted by Gasteiger charge is -2.20. The van der Waals surface area contributed by atoms with Gasteiger partial charge in [-0.25, -0.2) is 4.39 Å². The van der Waals surface area contributed by atoms with Gasteiger partial charge in [-0.1, -0.05) is 29.3 Å². The lowest BCUT2D eigenvalue weighted by Crippen LogP contribution is -2.20. The van der Waals surface area contributed by atoms with Crippen LogP contribution in [-0.4, -0.2) is 12.0 Å². The quantitative estimate of drug-likeness (QED) is 0.926. The average molecular weight is 285 g/mol. The summed E-state index contributed by atoms with van der Waals surface area (Å²) in [5.41, 5.74) is 1.12. The minimum Gasteiger partial charge on any atom is -0.309 e. The van der Waals surface area contributed by atoms with E-state index in [1.54, 1.807) is 31.3 Å². The number of benzene rings is 1. The van der Waals surface area contributed by atoms with Crippen LogP contribution in [0.2, 0.25) is 10.0 Å². The molecule has 0 saturated heterocycles. The largest absolute Gasteiger partial charge is 0.309 e. The zero-order chi connectivity index (χ0) is 13.1. The van der Waals surface area contributed by atoms with Crippen molar-refractivity contribution in [3.05, 3.63) is 63.6 Å². The Balaban J connectivity index is 2.56. The van der Waals surface area contributed by atoms with Gasteiger partial charge in [0.1, 0.15) is 5.82 Å². The third kappa shape index (κ3) is 2.48. The van der Waals surface area contributed by atoms with E-state index in [4.69, 9.17) is 23.2 Å². The van der Waals surface area contributed by atoms with Crippen molar-refractivity contribution in [3.8, 4) is 0 Å². The van der Waals surface area contributed by atoms with Gasteiger partial charge in [-0.05, 0) is 25.2 Å². The predicted molar refractivity (Wildman–Crippen MR) is 71.6 cm³/mol. The summed E-state index contributed by atoms with van der Waals surface area (Å²) in [6.45, 7) is 0. The van der Waals surface area contributed by atoms with Gasteiger partial charge in [-0.2, -0.15) is 0 Å². The molecule has 0 amide bonds. The fraction of sp³-hybridized carbons (Fsp3) is 0.154. The van der Waals surface area contributed by atoms with Gasteiger partial charge in [0.15, 0.2) is 0 Å². The summed E-state index contributed by atoms with van der Waals surface area (Å²) >= 11 is 12.3. The molecule has 0 radical (unpaired) electrons. The first kappa shape index (κ1) is 13.3. The number of halogens is 3. The molecule has 1 aromatic carbocycles. The number of hydrogen-bond acceptors (Lipinski definition) is 2. The average Bonchev–Trinajstić information content (AvgIpc) is 2.35. The van der Waals surface area contributed by atoms with Crippen LogP contribution in [0.25, 0.3) is 0 Å². The molecule has 1 N–H and O–H groups in total. The monoisotopic (exact) mass is 284 g/mol. The van der Waals surface area contributed by atoms with Gasteiger partial charge in [-0.15, -0.1) is 0 Å². The first-order valence-electron chi connectivity index (χ1n) is 5.35. The van der Waals surface area contributed by atoms with Crippen LogP contribution in [0.15, 0.2) is 36.7 Å². The Morgan fingerprint density at radius 2 is 1.89 bits per heavy atom. The van der Waals surface area contributed by atoms with Gasteiger partial charge in [0.25, 0.3) is 0 Å². The molecule has 1 unspecified atom stereocenters. The number of hydrogen-bond donors (Lipinski definition) is 1. The molecule has 0 bridgehead atoms. The Morgan fingerprint density at radius 1 is 1.22 bits per heavy atom. The van der Waals surface area contributed by atoms with E-state index in [0.717, 1.165) is 0 Å². The van der Waals surface area contributed by atoms with Crippen molar-refractivity contribution in [2.24, 2.45) is 0 Å². The van der Waals surface area contributed by atoms with Crippen LogP contribution in [-0.2, 0) is 0 Å². The Labute approximate surface area is 115 Å². The molecule has 0 spiro atoms. The minimum atomic E-state index is -0.408. The highest BCUT2D eigenvalue weighted by Gasteiger charge is 2.21. The molecule has 2 rings (SSSR count). The highest BCUT2D eigenvalue weighted by Crippen LogP contribution is 2.34. The second-order valence-electron chi connectivity index (χ2n) is 3.75. The van der Waals surface area contributed by atoms with E-state index in [-0.39, 0.29) is 0 Å². The SMILES string of the molecule is CNC(c1ccncc1F)c1c(Cl)cccc1Cl. The topological polar surface area (TPSA) is 24.9 Å². The third-order valence-corrected chi connectivity index (χ3v) is 3.35. The van der Waals surface area contributed by atoms with Gasteiger partial charge in [-0.3, -0.25) is 4.98 Å². The van der Waals surface area contributed by atoms with E-state index in [1.807, 2.05) is 0 Å². The summed E-state index contributed by atoms with van der Waals surface area (Å²) in [6.07, 6.45) is 2.71. The van der Waals surface area contributed by atoms with E-state index < -0.39 is 11.9 Å². The van der Waals surface area contributed by atoms with Crippen molar-refractivity contribution in [1.82, 2.24) is 10.3 Å². The van der Waals surface area contributed by atoms with Crippen LogP contribution in [0.3, 0.4) is 0 Å². The van der Waals surface area contributed by atoms with Crippen LogP contribution >= 0.6 is 23.2 Å². The number of pyridine rings is 1. The number of nitrogens with zero attached hydrogens (tertiary/aromatic N) is 1. The van der Waals surface area contributed by atoms with E-state index in [9.17, 15) is 4.39 Å². The molecule has 1 aromatic heterocycles. The Morgan fingerprint density at radius 3 is 2.44 bits per heavy atom. The zero-order valence-corrected chi connectivity index (χ0v) is 11.1. The van der Waals surface area contributed by atoms with Gasteiger partial charge in [0.2, 0.25) is 0 Å². The normalized spacial score (nSPS) is 12.4. The van der Waals surface area contributed by atoms with Gasteiger partial charge in [0, 0.05) is 27.4 Å². The molecule has 0 aliphatic rings. The number of nitrogens with one attached hydrogen (secondary N) is 1. The fourth-order valence-electron chi connectivity index (χ4n) is 1.86. The Kier molecular flexibility index (Phi) is 4.17. The third-order valence-electron chi connectivity index (χ3n) is 2.69. The van der Waals surface area contributed by atoms with Gasteiger partial charge in [0.05, 0.1) is 12.2 Å². The van der Waals surface area contributed by atoms with Crippen LogP contribution in [0.1, 0.15) is 17.2 Å². The molecule has 2 aromatic rings. The molecule has 2 nitrogen and oxygen atoms in total. The van der Waals surface area contributed by atoms with Crippen LogP contribution in [0.4, 0.5) is 4.39 Å². The molecule has 0 fully saturated rings. The summed E-state index contributed by atoms with van der Waals surface area (Å²) in [4.78, 5) is 3.73. The molecular formula is C13H11Cl2FN2. The van der Waals surface area contributed by atoms with Crippen LogP contribution in [0, 0.1) is 5.82 Å². The van der Waals surface area contributed by atoms with Crippen LogP contribution < -0.4 is 5.32 Å². The zero-order valence-electron chi connectivity index (χ0n) is 9.62. The second kappa shape index (κ2) is 5.65. The van der Waals surface area contributed by atoms with Crippen molar-refractivity contribution < 1.29 is 4.39 Å². The highest BCUT2D eigenvalue weighted by atomic mass is 35.5. The van der Waals surface area contributed by atoms with Crippen molar-refractivity contribution in [1.29, 1.82) is 0 Å². The van der Waals surface area contributed by atoms with Crippen molar-refractivity contribution in [2.75, 3.05) is 7.05 Å². The molecular weight excluding hydrogens is 274 g/mol. The van der Waals surface area contributed by atoms with Crippen molar-refractivity contribution >= 4 is 23.2 Å². The minimum absolute atomic E-state index is 0.396. The van der Waals surface area contributed by atoms with Crippen LogP contribution in [0.5, 0.6) is 0 Å². The maximum atomic E-state index is 13.8. The summed E-state index contributed by atoms with van der Waals surface area (Å²) in [5.74, 6) is -0.396. The Hall–Kier alpha value is -1.16. The van der Waals surface area contributed by atoms with Crippen molar-refractivity contribution in [2.45, 2.75) is 6.04 Å². The van der Waals surface area contributed by atoms with E-state index in [2.05, 4.69) is 10.3 Å². The summed E-state index contributed by atoms with van der Waals surface area (Å²) < 4.78 is 13.8. The second-order valence-corrected chi connectivity index (χ2v) is 4.57. The van der Waals surface area contributed by atoms with E-state index in [1.165, 1.54) is 12.4 Å². The summed E-state index contributed by atoms with van der Waals surface area (Å²) in [6, 6.07) is 6.41. The fourth-order valence-corrected chi connectivity index (χ4v) is 2.48. The van der Waals surface area contributed by atoms with E-state index >= 15 is 0 Å². The molecule has 0 aliphatic carbocycles. The molecule has 18 heavy (non-hydrogen) atoms. The first-order chi connectivity index (χ1) is 8.65. The molecule has 1 atom stereocenters. The van der Waals surface area contributed by atoms with E-state index in [0.29, 0.717) is 21.2 Å². The maximum absolute atomic E-state index is 13.8. The molecule has 94 valence electrons. The summed E-state index contributed by atoms with van der Waals surface area (Å²) in [5, 5.41) is 4.02. The maximum Gasteiger partial charge on any atom is 0.146 e. The molecule has 0 saturated carbocycles. The van der Waals surface area contributed by atoms with Crippen molar-refractivity contribution in [3.63, 3.8) is 0 Å². The summed E-state index contributed by atoms with van der Waals surface area (Å²) in [7, 11) is 1.73. The lowest BCUT2D eigenvalue weighted by molar-refractivity contribution is 0.571. The number of aromatic nitrogens is 1.